The maximum absolute atomic E-state index is 12.1. The van der Waals surface area contributed by atoms with Gasteiger partial charge in [0.1, 0.15) is 5.82 Å². The van der Waals surface area contributed by atoms with Gasteiger partial charge in [-0.3, -0.25) is 9.69 Å². The molecule has 1 N–H and O–H groups in total. The van der Waals surface area contributed by atoms with Crippen molar-refractivity contribution >= 4 is 11.5 Å². The Labute approximate surface area is 142 Å². The summed E-state index contributed by atoms with van der Waals surface area (Å²) < 4.78 is 0. The summed E-state index contributed by atoms with van der Waals surface area (Å²) in [5.41, 5.74) is 0.901. The molecule has 3 rings (SSSR count). The highest BCUT2D eigenvalue weighted by atomic mass is 16.1. The second-order valence-corrected chi connectivity index (χ2v) is 6.21. The zero-order chi connectivity index (χ0) is 16.8. The third kappa shape index (κ3) is 4.32. The Bertz CT molecular complexity index is 699. The van der Waals surface area contributed by atoms with Gasteiger partial charge in [-0.25, -0.2) is 4.98 Å². The van der Waals surface area contributed by atoms with Crippen LogP contribution in [0.3, 0.4) is 0 Å². The number of hydrogen-bond acceptors (Lipinski definition) is 5. The first-order chi connectivity index (χ1) is 11.7. The number of pyridine rings is 1. The lowest BCUT2D eigenvalue weighted by Crippen LogP contribution is -2.50. The second kappa shape index (κ2) is 7.93. The van der Waals surface area contributed by atoms with Crippen LogP contribution in [0.4, 0.5) is 11.5 Å². The lowest BCUT2D eigenvalue weighted by atomic mass is 10.2. The predicted octanol–water partition coefficient (Wildman–Crippen LogP) is 2.06. The van der Waals surface area contributed by atoms with E-state index in [1.165, 1.54) is 0 Å². The Balaban J connectivity index is 1.52. The van der Waals surface area contributed by atoms with Crippen molar-refractivity contribution in [3.63, 3.8) is 0 Å². The van der Waals surface area contributed by atoms with Crippen LogP contribution in [0.1, 0.15) is 6.92 Å². The molecule has 1 fully saturated rings. The standard InChI is InChI=1S/C19H24N4O/c1-16(21-19-9-5-6-10-20-19)15-22-11-13-23(14-12-22)17-7-3-2-4-8-18(17)24/h2-10,16H,11-15H2,1H3,(H,20,21)/t16-/m1/s1. The fourth-order valence-corrected chi connectivity index (χ4v) is 3.09. The third-order valence-corrected chi connectivity index (χ3v) is 4.28. The molecule has 0 radical (unpaired) electrons. The van der Waals surface area contributed by atoms with Crippen LogP contribution in [0.25, 0.3) is 0 Å². The molecule has 1 saturated heterocycles. The van der Waals surface area contributed by atoms with Gasteiger partial charge in [0.15, 0.2) is 0 Å². The largest absolute Gasteiger partial charge is 0.366 e. The highest BCUT2D eigenvalue weighted by molar-refractivity contribution is 5.45. The van der Waals surface area contributed by atoms with Crippen LogP contribution in [0.5, 0.6) is 0 Å². The summed E-state index contributed by atoms with van der Waals surface area (Å²) in [4.78, 5) is 21.0. The van der Waals surface area contributed by atoms with Crippen LogP contribution in [-0.2, 0) is 0 Å². The van der Waals surface area contributed by atoms with Crippen LogP contribution >= 0.6 is 0 Å². The van der Waals surface area contributed by atoms with E-state index in [9.17, 15) is 4.79 Å². The number of piperazine rings is 1. The average Bonchev–Trinajstić information content (AvgIpc) is 2.81. The van der Waals surface area contributed by atoms with Gasteiger partial charge in [0.05, 0.1) is 5.69 Å². The van der Waals surface area contributed by atoms with E-state index in [4.69, 9.17) is 0 Å². The summed E-state index contributed by atoms with van der Waals surface area (Å²) in [6.07, 6.45) is 1.80. The molecule has 5 heteroatoms. The van der Waals surface area contributed by atoms with Crippen LogP contribution in [0, 0.1) is 0 Å². The Morgan fingerprint density at radius 1 is 1.04 bits per heavy atom. The average molecular weight is 324 g/mol. The topological polar surface area (TPSA) is 48.5 Å². The number of anilines is 2. The minimum atomic E-state index is 0.0960. The van der Waals surface area contributed by atoms with Gasteiger partial charge in [-0.15, -0.1) is 0 Å². The van der Waals surface area contributed by atoms with E-state index in [2.05, 4.69) is 27.0 Å². The highest BCUT2D eigenvalue weighted by Gasteiger charge is 2.19. The normalized spacial score (nSPS) is 16.6. The van der Waals surface area contributed by atoms with Crippen molar-refractivity contribution in [3.05, 3.63) is 65.0 Å². The molecule has 1 aliphatic heterocycles. The molecule has 126 valence electrons. The zero-order valence-electron chi connectivity index (χ0n) is 14.1. The molecule has 0 saturated carbocycles. The van der Waals surface area contributed by atoms with Gasteiger partial charge in [-0.2, -0.15) is 0 Å². The van der Waals surface area contributed by atoms with Crippen molar-refractivity contribution < 1.29 is 0 Å². The Kier molecular flexibility index (Phi) is 5.43. The molecule has 0 unspecified atom stereocenters. The third-order valence-electron chi connectivity index (χ3n) is 4.28. The Morgan fingerprint density at radius 3 is 2.54 bits per heavy atom. The summed E-state index contributed by atoms with van der Waals surface area (Å²) in [6.45, 7) is 6.84. The van der Waals surface area contributed by atoms with Crippen LogP contribution in [0.15, 0.2) is 59.5 Å². The molecule has 1 atom stereocenters. The molecular weight excluding hydrogens is 300 g/mol. The number of aromatic nitrogens is 1. The molecule has 1 aromatic heterocycles. The summed E-state index contributed by atoms with van der Waals surface area (Å²) in [5, 5.41) is 3.43. The summed E-state index contributed by atoms with van der Waals surface area (Å²) in [6, 6.07) is 15.4. The Morgan fingerprint density at radius 2 is 1.79 bits per heavy atom. The van der Waals surface area contributed by atoms with E-state index in [1.54, 1.807) is 18.3 Å². The quantitative estimate of drug-likeness (QED) is 0.912. The van der Waals surface area contributed by atoms with Gasteiger partial charge < -0.3 is 10.2 Å². The fourth-order valence-electron chi connectivity index (χ4n) is 3.09. The fraction of sp³-hybridized carbons (Fsp3) is 0.368. The van der Waals surface area contributed by atoms with Crippen LogP contribution in [-0.4, -0.2) is 48.6 Å². The molecule has 1 aliphatic rings. The molecular formula is C19H24N4O. The lowest BCUT2D eigenvalue weighted by molar-refractivity contribution is 0.251. The smallest absolute Gasteiger partial charge is 0.201 e. The van der Waals surface area contributed by atoms with Gasteiger partial charge in [-0.05, 0) is 31.2 Å². The van der Waals surface area contributed by atoms with E-state index >= 15 is 0 Å². The van der Waals surface area contributed by atoms with Gasteiger partial charge in [0.2, 0.25) is 5.43 Å². The van der Waals surface area contributed by atoms with Crippen molar-refractivity contribution in [2.75, 3.05) is 42.9 Å². The van der Waals surface area contributed by atoms with E-state index in [1.807, 2.05) is 36.4 Å². The van der Waals surface area contributed by atoms with E-state index in [0.717, 1.165) is 44.2 Å². The predicted molar refractivity (Wildman–Crippen MR) is 98.7 cm³/mol. The summed E-state index contributed by atoms with van der Waals surface area (Å²) in [7, 11) is 0. The minimum Gasteiger partial charge on any atom is -0.366 e. The molecule has 0 aliphatic carbocycles. The first-order valence-electron chi connectivity index (χ1n) is 8.46. The molecule has 24 heavy (non-hydrogen) atoms. The Hall–Kier alpha value is -2.40. The van der Waals surface area contributed by atoms with Crippen molar-refractivity contribution in [3.8, 4) is 0 Å². The van der Waals surface area contributed by atoms with Gasteiger partial charge >= 0.3 is 0 Å². The van der Waals surface area contributed by atoms with Gasteiger partial charge in [-0.1, -0.05) is 24.3 Å². The number of nitrogens with one attached hydrogen (secondary N) is 1. The van der Waals surface area contributed by atoms with Crippen molar-refractivity contribution in [1.29, 1.82) is 0 Å². The van der Waals surface area contributed by atoms with Crippen LogP contribution in [0.2, 0.25) is 0 Å². The van der Waals surface area contributed by atoms with Crippen molar-refractivity contribution in [2.45, 2.75) is 13.0 Å². The van der Waals surface area contributed by atoms with Crippen LogP contribution < -0.4 is 15.6 Å². The number of rotatable bonds is 5. The van der Waals surface area contributed by atoms with Gasteiger partial charge in [0, 0.05) is 45.0 Å². The van der Waals surface area contributed by atoms with E-state index in [0.29, 0.717) is 6.04 Å². The monoisotopic (exact) mass is 324 g/mol. The number of nitrogens with zero attached hydrogens (tertiary/aromatic N) is 3. The second-order valence-electron chi connectivity index (χ2n) is 6.21. The molecule has 2 heterocycles. The first kappa shape index (κ1) is 16.5. The van der Waals surface area contributed by atoms with Crippen molar-refractivity contribution in [2.24, 2.45) is 0 Å². The molecule has 0 spiro atoms. The molecule has 2 aromatic rings. The molecule has 0 bridgehead atoms. The minimum absolute atomic E-state index is 0.0960. The maximum atomic E-state index is 12.1. The van der Waals surface area contributed by atoms with E-state index < -0.39 is 0 Å². The molecule has 0 amide bonds. The highest BCUT2D eigenvalue weighted by Crippen LogP contribution is 2.12. The summed E-state index contributed by atoms with van der Waals surface area (Å²) >= 11 is 0. The zero-order valence-corrected chi connectivity index (χ0v) is 14.1. The molecule has 1 aromatic carbocycles. The summed E-state index contributed by atoms with van der Waals surface area (Å²) in [5.74, 6) is 0.913. The molecule has 5 nitrogen and oxygen atoms in total. The maximum Gasteiger partial charge on any atom is 0.201 e. The van der Waals surface area contributed by atoms with E-state index in [-0.39, 0.29) is 5.43 Å². The van der Waals surface area contributed by atoms with Gasteiger partial charge in [0.25, 0.3) is 0 Å². The lowest BCUT2D eigenvalue weighted by Gasteiger charge is -2.36. The number of hydrogen-bond donors (Lipinski definition) is 1. The van der Waals surface area contributed by atoms with Crippen molar-refractivity contribution in [1.82, 2.24) is 9.88 Å². The first-order valence-corrected chi connectivity index (χ1v) is 8.46. The SMILES string of the molecule is C[C@H](CN1CCN(c2cccccc2=O)CC1)Nc1ccccn1.